The summed E-state index contributed by atoms with van der Waals surface area (Å²) < 4.78 is 1.56. The van der Waals surface area contributed by atoms with Gasteiger partial charge in [0.05, 0.1) is 18.4 Å². The molecule has 1 atom stereocenters. The molecule has 0 radical (unpaired) electrons. The molecule has 0 fully saturated rings. The molecule has 0 saturated carbocycles. The van der Waals surface area contributed by atoms with Crippen molar-refractivity contribution in [2.24, 2.45) is 12.8 Å². The second kappa shape index (κ2) is 6.02. The zero-order valence-electron chi connectivity index (χ0n) is 11.5. The summed E-state index contributed by atoms with van der Waals surface area (Å²) in [6, 6.07) is -0.821. The Bertz CT molecular complexity index is 678. The number of hydrogen-bond acceptors (Lipinski definition) is 6. The molecule has 0 spiro atoms. The number of nitrogens with one attached hydrogen (secondary N) is 1. The highest BCUT2D eigenvalue weighted by molar-refractivity contribution is 7.13. The van der Waals surface area contributed by atoms with Crippen molar-refractivity contribution >= 4 is 23.2 Å². The minimum absolute atomic E-state index is 0.144. The van der Waals surface area contributed by atoms with Crippen LogP contribution >= 0.6 is 11.3 Å². The lowest BCUT2D eigenvalue weighted by Gasteiger charge is -2.09. The van der Waals surface area contributed by atoms with Gasteiger partial charge in [-0.15, -0.1) is 11.3 Å². The highest BCUT2D eigenvalue weighted by Gasteiger charge is 2.18. The molecule has 4 N–H and O–H groups in total. The SMILES string of the molecule is Cc1nc(CNC(=O)C(N)c2cnn(C)c2)sc1C(=O)O. The van der Waals surface area contributed by atoms with Crippen molar-refractivity contribution in [2.75, 3.05) is 0 Å². The molecule has 0 aliphatic carbocycles. The Labute approximate surface area is 124 Å². The largest absolute Gasteiger partial charge is 0.477 e. The number of thiazole rings is 1. The first-order chi connectivity index (χ1) is 9.88. The number of carboxylic acids is 1. The van der Waals surface area contributed by atoms with E-state index in [0.717, 1.165) is 11.3 Å². The van der Waals surface area contributed by atoms with E-state index in [9.17, 15) is 9.59 Å². The topological polar surface area (TPSA) is 123 Å². The van der Waals surface area contributed by atoms with Crippen LogP contribution in [0.5, 0.6) is 0 Å². The van der Waals surface area contributed by atoms with Crippen LogP contribution in [0.2, 0.25) is 0 Å². The lowest BCUT2D eigenvalue weighted by Crippen LogP contribution is -2.33. The van der Waals surface area contributed by atoms with E-state index in [2.05, 4.69) is 15.4 Å². The van der Waals surface area contributed by atoms with Crippen LogP contribution in [0.1, 0.15) is 32.0 Å². The van der Waals surface area contributed by atoms with E-state index in [0.29, 0.717) is 16.3 Å². The van der Waals surface area contributed by atoms with Crippen LogP contribution in [0.3, 0.4) is 0 Å². The third kappa shape index (κ3) is 3.44. The van der Waals surface area contributed by atoms with Crippen molar-refractivity contribution < 1.29 is 14.7 Å². The lowest BCUT2D eigenvalue weighted by molar-refractivity contribution is -0.122. The first-order valence-corrected chi connectivity index (χ1v) is 6.91. The van der Waals surface area contributed by atoms with E-state index >= 15 is 0 Å². The summed E-state index contributed by atoms with van der Waals surface area (Å²) in [5.74, 6) is -1.39. The Morgan fingerprint density at radius 3 is 2.81 bits per heavy atom. The molecule has 21 heavy (non-hydrogen) atoms. The maximum atomic E-state index is 11.9. The molecule has 2 rings (SSSR count). The summed E-state index contributed by atoms with van der Waals surface area (Å²) in [7, 11) is 1.74. The fourth-order valence-electron chi connectivity index (χ4n) is 1.75. The van der Waals surface area contributed by atoms with E-state index in [-0.39, 0.29) is 17.3 Å². The predicted octanol–water partition coefficient (Wildman–Crippen LogP) is 0.199. The summed E-state index contributed by atoms with van der Waals surface area (Å²) in [4.78, 5) is 27.1. The minimum Gasteiger partial charge on any atom is -0.477 e. The van der Waals surface area contributed by atoms with Crippen LogP contribution in [0.25, 0.3) is 0 Å². The van der Waals surface area contributed by atoms with Gasteiger partial charge in [-0.1, -0.05) is 0 Å². The molecule has 2 aromatic rings. The van der Waals surface area contributed by atoms with Crippen LogP contribution < -0.4 is 11.1 Å². The average molecular weight is 309 g/mol. The normalized spacial score (nSPS) is 12.1. The number of rotatable bonds is 5. The number of nitrogens with two attached hydrogens (primary N) is 1. The number of aryl methyl sites for hydroxylation is 2. The van der Waals surface area contributed by atoms with Gasteiger partial charge in [0, 0.05) is 18.8 Å². The van der Waals surface area contributed by atoms with Crippen LogP contribution in [-0.2, 0) is 18.4 Å². The summed E-state index contributed by atoms with van der Waals surface area (Å²) >= 11 is 1.04. The van der Waals surface area contributed by atoms with Gasteiger partial charge in [0.25, 0.3) is 0 Å². The molecule has 1 amide bonds. The van der Waals surface area contributed by atoms with Gasteiger partial charge in [0.2, 0.25) is 5.91 Å². The smallest absolute Gasteiger partial charge is 0.347 e. The van der Waals surface area contributed by atoms with Gasteiger partial charge in [0.15, 0.2) is 0 Å². The van der Waals surface area contributed by atoms with Gasteiger partial charge < -0.3 is 16.2 Å². The monoisotopic (exact) mass is 309 g/mol. The molecule has 0 aromatic carbocycles. The molecule has 0 bridgehead atoms. The van der Waals surface area contributed by atoms with Gasteiger partial charge >= 0.3 is 5.97 Å². The molecule has 9 heteroatoms. The first-order valence-electron chi connectivity index (χ1n) is 6.10. The second-order valence-electron chi connectivity index (χ2n) is 4.47. The zero-order chi connectivity index (χ0) is 15.6. The molecule has 8 nitrogen and oxygen atoms in total. The van der Waals surface area contributed by atoms with Crippen molar-refractivity contribution in [3.05, 3.63) is 33.5 Å². The lowest BCUT2D eigenvalue weighted by atomic mass is 10.1. The van der Waals surface area contributed by atoms with Crippen LogP contribution in [0.15, 0.2) is 12.4 Å². The van der Waals surface area contributed by atoms with Crippen molar-refractivity contribution in [2.45, 2.75) is 19.5 Å². The van der Waals surface area contributed by atoms with Gasteiger partial charge in [-0.2, -0.15) is 5.10 Å². The standard InChI is InChI=1S/C12H15N5O3S/c1-6-10(12(19)20)21-8(16-6)4-14-11(18)9(13)7-3-15-17(2)5-7/h3,5,9H,4,13H2,1-2H3,(H,14,18)(H,19,20). The van der Waals surface area contributed by atoms with Gasteiger partial charge in [-0.3, -0.25) is 9.48 Å². The van der Waals surface area contributed by atoms with Crippen molar-refractivity contribution in [3.63, 3.8) is 0 Å². The van der Waals surface area contributed by atoms with E-state index in [1.807, 2.05) is 0 Å². The van der Waals surface area contributed by atoms with Crippen LogP contribution in [0.4, 0.5) is 0 Å². The molecule has 2 aromatic heterocycles. The molecule has 0 aliphatic heterocycles. The number of amides is 1. The summed E-state index contributed by atoms with van der Waals surface area (Å²) in [6.07, 6.45) is 3.20. The van der Waals surface area contributed by atoms with Crippen LogP contribution in [0, 0.1) is 6.92 Å². The predicted molar refractivity (Wildman–Crippen MR) is 75.8 cm³/mol. The number of carboxylic acid groups (broad SMARTS) is 1. The number of aromatic nitrogens is 3. The minimum atomic E-state index is -1.02. The van der Waals surface area contributed by atoms with E-state index < -0.39 is 12.0 Å². The quantitative estimate of drug-likeness (QED) is 0.725. The molecule has 1 unspecified atom stereocenters. The van der Waals surface area contributed by atoms with Crippen molar-refractivity contribution in [3.8, 4) is 0 Å². The zero-order valence-corrected chi connectivity index (χ0v) is 12.3. The summed E-state index contributed by atoms with van der Waals surface area (Å²) in [5, 5.41) is 16.1. The Hall–Kier alpha value is -2.26. The Morgan fingerprint density at radius 2 is 2.29 bits per heavy atom. The third-order valence-electron chi connectivity index (χ3n) is 2.82. The Kier molecular flexibility index (Phi) is 4.34. The number of carbonyl (C=O) groups is 2. The molecule has 112 valence electrons. The van der Waals surface area contributed by atoms with Crippen molar-refractivity contribution in [1.29, 1.82) is 0 Å². The number of carbonyl (C=O) groups excluding carboxylic acids is 1. The molecule has 0 saturated heterocycles. The number of hydrogen-bond donors (Lipinski definition) is 3. The summed E-state index contributed by atoms with van der Waals surface area (Å²) in [6.45, 7) is 1.76. The number of nitrogens with zero attached hydrogens (tertiary/aromatic N) is 3. The Morgan fingerprint density at radius 1 is 1.57 bits per heavy atom. The van der Waals surface area contributed by atoms with Crippen molar-refractivity contribution in [1.82, 2.24) is 20.1 Å². The van der Waals surface area contributed by atoms with Crippen LogP contribution in [-0.4, -0.2) is 31.7 Å². The van der Waals surface area contributed by atoms with E-state index in [1.165, 1.54) is 6.20 Å². The maximum absolute atomic E-state index is 11.9. The number of aromatic carboxylic acids is 1. The molecular formula is C12H15N5O3S. The summed E-state index contributed by atoms with van der Waals surface area (Å²) in [5.41, 5.74) is 6.87. The molecule has 0 aliphatic rings. The fourth-order valence-corrected chi connectivity index (χ4v) is 2.59. The second-order valence-corrected chi connectivity index (χ2v) is 5.55. The van der Waals surface area contributed by atoms with E-state index in [1.54, 1.807) is 24.9 Å². The van der Waals surface area contributed by atoms with Gasteiger partial charge in [0.1, 0.15) is 15.9 Å². The third-order valence-corrected chi connectivity index (χ3v) is 3.96. The average Bonchev–Trinajstić information content (AvgIpc) is 3.01. The first kappa shape index (κ1) is 15.1. The van der Waals surface area contributed by atoms with Gasteiger partial charge in [-0.25, -0.2) is 9.78 Å². The molecular weight excluding hydrogens is 294 g/mol. The molecule has 2 heterocycles. The maximum Gasteiger partial charge on any atom is 0.347 e. The van der Waals surface area contributed by atoms with Gasteiger partial charge in [-0.05, 0) is 6.92 Å². The van der Waals surface area contributed by atoms with E-state index in [4.69, 9.17) is 10.8 Å². The highest BCUT2D eigenvalue weighted by Crippen LogP contribution is 2.18. The highest BCUT2D eigenvalue weighted by atomic mass is 32.1. The fraction of sp³-hybridized carbons (Fsp3) is 0.333. The Balaban J connectivity index is 1.98.